The number of rotatable bonds is 9. The Morgan fingerprint density at radius 2 is 1.68 bits per heavy atom. The standard InChI is InChI=1S/C28H31F2NO3/c1-17-8-20-13-27(31-15-21(20)9-17)34-16-22-12-24(26(30)14-25(22)29)28-18(2)10-23(11-19(28)3)33-7-5-4-6-32/h10-15,17,32H,4-9,16H2,1-3H3/t17-/m0/s1. The van der Waals surface area contributed by atoms with Crippen molar-refractivity contribution in [1.29, 1.82) is 0 Å². The van der Waals surface area contributed by atoms with E-state index >= 15 is 0 Å². The fraction of sp³-hybridized carbons (Fsp3) is 0.393. The van der Waals surface area contributed by atoms with Crippen molar-refractivity contribution < 1.29 is 23.4 Å². The molecule has 0 aliphatic heterocycles. The van der Waals surface area contributed by atoms with E-state index in [0.29, 0.717) is 41.7 Å². The Morgan fingerprint density at radius 1 is 0.941 bits per heavy atom. The third-order valence-electron chi connectivity index (χ3n) is 6.30. The molecule has 1 atom stereocenters. The Bertz CT molecular complexity index is 1160. The number of nitrogens with zero attached hydrogens (tertiary/aromatic N) is 1. The van der Waals surface area contributed by atoms with Crippen LogP contribution in [0.4, 0.5) is 8.78 Å². The van der Waals surface area contributed by atoms with Crippen molar-refractivity contribution in [2.75, 3.05) is 13.2 Å². The van der Waals surface area contributed by atoms with Gasteiger partial charge in [0.2, 0.25) is 5.88 Å². The predicted octanol–water partition coefficient (Wildman–Crippen LogP) is 6.11. The van der Waals surface area contributed by atoms with Gasteiger partial charge in [0.1, 0.15) is 24.0 Å². The second-order valence-electron chi connectivity index (χ2n) is 9.23. The van der Waals surface area contributed by atoms with E-state index in [-0.39, 0.29) is 18.8 Å². The van der Waals surface area contributed by atoms with Crippen molar-refractivity contribution >= 4 is 0 Å². The van der Waals surface area contributed by atoms with E-state index < -0.39 is 11.6 Å². The summed E-state index contributed by atoms with van der Waals surface area (Å²) >= 11 is 0. The zero-order valence-corrected chi connectivity index (χ0v) is 20.0. The van der Waals surface area contributed by atoms with Gasteiger partial charge in [-0.05, 0) is 91.5 Å². The number of hydrogen-bond acceptors (Lipinski definition) is 4. The molecule has 34 heavy (non-hydrogen) atoms. The van der Waals surface area contributed by atoms with E-state index in [1.54, 1.807) is 0 Å². The van der Waals surface area contributed by atoms with Gasteiger partial charge in [0.15, 0.2) is 0 Å². The zero-order chi connectivity index (χ0) is 24.2. The van der Waals surface area contributed by atoms with Crippen LogP contribution >= 0.6 is 0 Å². The molecule has 0 radical (unpaired) electrons. The summed E-state index contributed by atoms with van der Waals surface area (Å²) in [6.45, 7) is 6.58. The van der Waals surface area contributed by atoms with E-state index in [0.717, 1.165) is 36.5 Å². The quantitative estimate of drug-likeness (QED) is 0.386. The van der Waals surface area contributed by atoms with E-state index in [1.165, 1.54) is 17.2 Å². The highest BCUT2D eigenvalue weighted by Gasteiger charge is 2.20. The van der Waals surface area contributed by atoms with Gasteiger partial charge in [-0.15, -0.1) is 0 Å². The molecular weight excluding hydrogens is 436 g/mol. The van der Waals surface area contributed by atoms with Crippen LogP contribution in [-0.4, -0.2) is 23.3 Å². The first-order chi connectivity index (χ1) is 16.4. The normalized spacial score (nSPS) is 14.8. The first-order valence-corrected chi connectivity index (χ1v) is 11.8. The molecule has 1 heterocycles. The number of aliphatic hydroxyl groups is 1. The van der Waals surface area contributed by atoms with Gasteiger partial charge in [0, 0.05) is 36.1 Å². The van der Waals surface area contributed by atoms with Crippen LogP contribution in [0.15, 0.2) is 36.5 Å². The number of unbranched alkanes of at least 4 members (excludes halogenated alkanes) is 1. The fourth-order valence-corrected chi connectivity index (χ4v) is 4.66. The van der Waals surface area contributed by atoms with Crippen molar-refractivity contribution in [3.8, 4) is 22.8 Å². The van der Waals surface area contributed by atoms with E-state index in [9.17, 15) is 8.78 Å². The summed E-state index contributed by atoms with van der Waals surface area (Å²) in [6.07, 6.45) is 5.28. The topological polar surface area (TPSA) is 51.6 Å². The van der Waals surface area contributed by atoms with Gasteiger partial charge >= 0.3 is 0 Å². The lowest BCUT2D eigenvalue weighted by Crippen LogP contribution is -2.04. The lowest BCUT2D eigenvalue weighted by atomic mass is 9.93. The summed E-state index contributed by atoms with van der Waals surface area (Å²) < 4.78 is 41.0. The number of hydrogen-bond donors (Lipinski definition) is 1. The van der Waals surface area contributed by atoms with Crippen molar-refractivity contribution in [3.63, 3.8) is 0 Å². The van der Waals surface area contributed by atoms with Gasteiger partial charge in [-0.2, -0.15) is 0 Å². The van der Waals surface area contributed by atoms with Crippen LogP contribution in [0.3, 0.4) is 0 Å². The Balaban J connectivity index is 1.54. The Labute approximate surface area is 199 Å². The number of ether oxygens (including phenoxy) is 2. The average Bonchev–Trinajstić information content (AvgIpc) is 3.16. The van der Waals surface area contributed by atoms with Gasteiger partial charge < -0.3 is 14.6 Å². The summed E-state index contributed by atoms with van der Waals surface area (Å²) in [5.41, 5.74) is 5.45. The molecule has 1 aliphatic carbocycles. The Hall–Kier alpha value is -2.99. The molecule has 4 nitrogen and oxygen atoms in total. The molecule has 2 aromatic carbocycles. The van der Waals surface area contributed by atoms with Gasteiger partial charge in [0.25, 0.3) is 0 Å². The SMILES string of the molecule is Cc1cc(OCCCCO)cc(C)c1-c1cc(COc2cc3c(cn2)C[C@@H](C)C3)c(F)cc1F. The number of benzene rings is 2. The van der Waals surface area contributed by atoms with Gasteiger partial charge in [0.05, 0.1) is 6.61 Å². The van der Waals surface area contributed by atoms with Gasteiger partial charge in [-0.3, -0.25) is 0 Å². The summed E-state index contributed by atoms with van der Waals surface area (Å²) in [5, 5.41) is 8.90. The largest absolute Gasteiger partial charge is 0.494 e. The number of aryl methyl sites for hydroxylation is 2. The third-order valence-corrected chi connectivity index (χ3v) is 6.30. The van der Waals surface area contributed by atoms with Crippen LogP contribution < -0.4 is 9.47 Å². The van der Waals surface area contributed by atoms with E-state index in [2.05, 4.69) is 11.9 Å². The van der Waals surface area contributed by atoms with Crippen LogP contribution in [0.2, 0.25) is 0 Å². The lowest BCUT2D eigenvalue weighted by molar-refractivity contribution is 0.253. The van der Waals surface area contributed by atoms with Gasteiger partial charge in [-0.25, -0.2) is 13.8 Å². The molecule has 0 unspecified atom stereocenters. The molecule has 0 bridgehead atoms. The minimum absolute atomic E-state index is 0.0371. The van der Waals surface area contributed by atoms with Crippen LogP contribution in [0.25, 0.3) is 11.1 Å². The van der Waals surface area contributed by atoms with Crippen LogP contribution in [0, 0.1) is 31.4 Å². The molecule has 1 aliphatic rings. The van der Waals surface area contributed by atoms with E-state index in [4.69, 9.17) is 14.6 Å². The molecule has 1 aromatic heterocycles. The van der Waals surface area contributed by atoms with E-state index in [1.807, 2.05) is 38.2 Å². The maximum atomic E-state index is 14.9. The molecule has 4 rings (SSSR count). The summed E-state index contributed by atoms with van der Waals surface area (Å²) in [6, 6.07) is 8.08. The lowest BCUT2D eigenvalue weighted by Gasteiger charge is -2.16. The highest BCUT2D eigenvalue weighted by Crippen LogP contribution is 2.34. The molecule has 3 aromatic rings. The smallest absolute Gasteiger partial charge is 0.213 e. The third kappa shape index (κ3) is 5.39. The zero-order valence-electron chi connectivity index (χ0n) is 20.0. The minimum atomic E-state index is -0.643. The van der Waals surface area contributed by atoms with Gasteiger partial charge in [-0.1, -0.05) is 6.92 Å². The molecule has 0 spiro atoms. The first kappa shape index (κ1) is 24.1. The maximum Gasteiger partial charge on any atom is 0.213 e. The highest BCUT2D eigenvalue weighted by molar-refractivity contribution is 5.73. The molecule has 0 amide bonds. The van der Waals surface area contributed by atoms with Crippen molar-refractivity contribution in [1.82, 2.24) is 4.98 Å². The maximum absolute atomic E-state index is 14.9. The highest BCUT2D eigenvalue weighted by atomic mass is 19.1. The number of aromatic nitrogens is 1. The fourth-order valence-electron chi connectivity index (χ4n) is 4.66. The van der Waals surface area contributed by atoms with Crippen LogP contribution in [-0.2, 0) is 19.4 Å². The number of fused-ring (bicyclic) bond motifs is 1. The summed E-state index contributed by atoms with van der Waals surface area (Å²) in [5.74, 6) is 0.477. The number of aliphatic hydroxyl groups excluding tert-OH is 1. The second kappa shape index (κ2) is 10.5. The van der Waals surface area contributed by atoms with Crippen molar-refractivity contribution in [3.05, 3.63) is 76.0 Å². The molecule has 0 saturated heterocycles. The summed E-state index contributed by atoms with van der Waals surface area (Å²) in [4.78, 5) is 4.36. The second-order valence-corrected chi connectivity index (χ2v) is 9.23. The molecule has 1 N–H and O–H groups in total. The average molecular weight is 468 g/mol. The van der Waals surface area contributed by atoms with Crippen molar-refractivity contribution in [2.24, 2.45) is 5.92 Å². The van der Waals surface area contributed by atoms with Crippen LogP contribution in [0.1, 0.15) is 47.6 Å². The first-order valence-electron chi connectivity index (χ1n) is 11.8. The Morgan fingerprint density at radius 3 is 2.41 bits per heavy atom. The Kier molecular flexibility index (Phi) is 7.47. The predicted molar refractivity (Wildman–Crippen MR) is 128 cm³/mol. The number of halogens is 2. The minimum Gasteiger partial charge on any atom is -0.494 e. The molecule has 0 saturated carbocycles. The molecule has 6 heteroatoms. The molecule has 180 valence electrons. The van der Waals surface area contributed by atoms with Crippen LogP contribution in [0.5, 0.6) is 11.6 Å². The monoisotopic (exact) mass is 467 g/mol. The molecular formula is C28H31F2NO3. The number of pyridine rings is 1. The van der Waals surface area contributed by atoms with Crippen molar-refractivity contribution in [2.45, 2.75) is 53.1 Å². The molecule has 0 fully saturated rings. The summed E-state index contributed by atoms with van der Waals surface area (Å²) in [7, 11) is 0.